The van der Waals surface area contributed by atoms with E-state index in [0.717, 1.165) is 17.7 Å². The Morgan fingerprint density at radius 2 is 2.13 bits per heavy atom. The van der Waals surface area contributed by atoms with Gasteiger partial charge in [-0.25, -0.2) is 5.01 Å². The van der Waals surface area contributed by atoms with E-state index in [4.69, 9.17) is 0 Å². The highest BCUT2D eigenvalue weighted by molar-refractivity contribution is 5.96. The molecule has 1 N–H and O–H groups in total. The Hall–Kier alpha value is -1.35. The van der Waals surface area contributed by atoms with Crippen LogP contribution < -0.4 is 5.43 Å². The third-order valence-corrected chi connectivity index (χ3v) is 2.85. The molecule has 0 saturated carbocycles. The average molecular weight is 204 g/mol. The topological polar surface area (TPSA) is 32.3 Å². The quantitative estimate of drug-likeness (QED) is 0.757. The van der Waals surface area contributed by atoms with Gasteiger partial charge in [0, 0.05) is 18.2 Å². The van der Waals surface area contributed by atoms with E-state index < -0.39 is 0 Å². The van der Waals surface area contributed by atoms with Crippen LogP contribution in [-0.2, 0) is 6.54 Å². The molecule has 1 aromatic carbocycles. The van der Waals surface area contributed by atoms with Gasteiger partial charge >= 0.3 is 0 Å². The van der Waals surface area contributed by atoms with Gasteiger partial charge in [0.15, 0.2) is 0 Å². The summed E-state index contributed by atoms with van der Waals surface area (Å²) >= 11 is 0. The Balaban J connectivity index is 2.42. The van der Waals surface area contributed by atoms with E-state index in [0.29, 0.717) is 6.04 Å². The van der Waals surface area contributed by atoms with Gasteiger partial charge in [0.2, 0.25) is 0 Å². The molecule has 3 heteroatoms. The van der Waals surface area contributed by atoms with Crippen LogP contribution >= 0.6 is 0 Å². The van der Waals surface area contributed by atoms with Crippen molar-refractivity contribution in [3.8, 4) is 0 Å². The largest absolute Gasteiger partial charge is 0.284 e. The van der Waals surface area contributed by atoms with E-state index in [2.05, 4.69) is 32.3 Å². The summed E-state index contributed by atoms with van der Waals surface area (Å²) in [7, 11) is 0. The first kappa shape index (κ1) is 10.2. The summed E-state index contributed by atoms with van der Waals surface area (Å²) in [6, 6.07) is 6.19. The minimum Gasteiger partial charge on any atom is -0.284 e. The molecule has 0 saturated heterocycles. The summed E-state index contributed by atoms with van der Waals surface area (Å²) in [4.78, 5) is 11.8. The molecule has 1 aromatic rings. The summed E-state index contributed by atoms with van der Waals surface area (Å²) in [5.41, 5.74) is 6.04. The van der Waals surface area contributed by atoms with Crippen LogP contribution in [0.1, 0.15) is 35.3 Å². The van der Waals surface area contributed by atoms with Gasteiger partial charge in [0.05, 0.1) is 0 Å². The monoisotopic (exact) mass is 204 g/mol. The fourth-order valence-electron chi connectivity index (χ4n) is 1.84. The predicted octanol–water partition coefficient (Wildman–Crippen LogP) is 1.86. The van der Waals surface area contributed by atoms with Gasteiger partial charge in [-0.2, -0.15) is 0 Å². The van der Waals surface area contributed by atoms with Crippen molar-refractivity contribution in [1.82, 2.24) is 10.4 Å². The SMILES string of the molecule is Cc1cccc2c1CN(C(C)C)NC2=O. The lowest BCUT2D eigenvalue weighted by Gasteiger charge is -2.32. The molecule has 0 aliphatic carbocycles. The molecule has 0 atom stereocenters. The van der Waals surface area contributed by atoms with Crippen molar-refractivity contribution in [2.75, 3.05) is 0 Å². The maximum absolute atomic E-state index is 11.8. The standard InChI is InChI=1S/C12H16N2O/c1-8(2)14-7-11-9(3)5-4-6-10(11)12(15)13-14/h4-6,8H,7H2,1-3H3,(H,13,15). The minimum atomic E-state index is 0.00801. The Labute approximate surface area is 90.1 Å². The summed E-state index contributed by atoms with van der Waals surface area (Å²) in [6.07, 6.45) is 0. The fourth-order valence-corrected chi connectivity index (χ4v) is 1.84. The van der Waals surface area contributed by atoms with Crippen molar-refractivity contribution in [2.24, 2.45) is 0 Å². The van der Waals surface area contributed by atoms with E-state index in [1.807, 2.05) is 17.1 Å². The lowest BCUT2D eigenvalue weighted by atomic mass is 9.99. The number of hydrogen-bond donors (Lipinski definition) is 1. The van der Waals surface area contributed by atoms with Crippen LogP contribution in [0.3, 0.4) is 0 Å². The van der Waals surface area contributed by atoms with Crippen LogP contribution in [0.2, 0.25) is 0 Å². The molecule has 1 heterocycles. The fraction of sp³-hybridized carbons (Fsp3) is 0.417. The first-order chi connectivity index (χ1) is 7.09. The van der Waals surface area contributed by atoms with Gasteiger partial charge < -0.3 is 0 Å². The number of rotatable bonds is 1. The number of carbonyl (C=O) groups excluding carboxylic acids is 1. The Bertz CT molecular complexity index is 399. The van der Waals surface area contributed by atoms with Crippen LogP contribution in [0.25, 0.3) is 0 Å². The molecule has 15 heavy (non-hydrogen) atoms. The Morgan fingerprint density at radius 3 is 2.80 bits per heavy atom. The molecule has 1 aliphatic heterocycles. The van der Waals surface area contributed by atoms with E-state index in [1.54, 1.807) is 0 Å². The highest BCUT2D eigenvalue weighted by Crippen LogP contribution is 2.20. The van der Waals surface area contributed by atoms with Crippen LogP contribution in [0.15, 0.2) is 18.2 Å². The molecule has 2 rings (SSSR count). The second-order valence-electron chi connectivity index (χ2n) is 4.26. The van der Waals surface area contributed by atoms with Crippen molar-refractivity contribution in [3.05, 3.63) is 34.9 Å². The molecule has 80 valence electrons. The normalized spacial score (nSPS) is 16.4. The molecule has 0 aromatic heterocycles. The second kappa shape index (κ2) is 3.66. The number of hydrazine groups is 1. The first-order valence-corrected chi connectivity index (χ1v) is 5.25. The highest BCUT2D eigenvalue weighted by Gasteiger charge is 2.24. The average Bonchev–Trinajstić information content (AvgIpc) is 2.19. The van der Waals surface area contributed by atoms with Gasteiger partial charge in [-0.3, -0.25) is 10.2 Å². The molecule has 0 fully saturated rings. The molecule has 1 amide bonds. The molecule has 0 radical (unpaired) electrons. The summed E-state index contributed by atoms with van der Waals surface area (Å²) in [5.74, 6) is 0.00801. The van der Waals surface area contributed by atoms with Crippen molar-refractivity contribution in [2.45, 2.75) is 33.4 Å². The zero-order chi connectivity index (χ0) is 11.0. The van der Waals surface area contributed by atoms with Gasteiger partial charge in [0.1, 0.15) is 0 Å². The van der Waals surface area contributed by atoms with Crippen molar-refractivity contribution in [3.63, 3.8) is 0 Å². The Morgan fingerprint density at radius 1 is 1.40 bits per heavy atom. The van der Waals surface area contributed by atoms with Gasteiger partial charge in [-0.1, -0.05) is 12.1 Å². The minimum absolute atomic E-state index is 0.00801. The number of amides is 1. The number of fused-ring (bicyclic) bond motifs is 1. The first-order valence-electron chi connectivity index (χ1n) is 5.25. The molecular formula is C12H16N2O. The molecule has 1 aliphatic rings. The van der Waals surface area contributed by atoms with Crippen LogP contribution in [-0.4, -0.2) is 17.0 Å². The van der Waals surface area contributed by atoms with Crippen LogP contribution in [0, 0.1) is 6.92 Å². The summed E-state index contributed by atoms with van der Waals surface area (Å²) < 4.78 is 0. The molecule has 3 nitrogen and oxygen atoms in total. The predicted molar refractivity (Wildman–Crippen MR) is 59.3 cm³/mol. The number of carbonyl (C=O) groups is 1. The zero-order valence-electron chi connectivity index (χ0n) is 9.37. The van der Waals surface area contributed by atoms with Crippen molar-refractivity contribution < 1.29 is 4.79 Å². The highest BCUT2D eigenvalue weighted by atomic mass is 16.2. The molecule has 0 spiro atoms. The summed E-state index contributed by atoms with van der Waals surface area (Å²) in [5, 5.41) is 1.97. The van der Waals surface area contributed by atoms with Gasteiger partial charge in [0.25, 0.3) is 5.91 Å². The maximum atomic E-state index is 11.8. The Kier molecular flexibility index (Phi) is 2.49. The van der Waals surface area contributed by atoms with E-state index in [1.165, 1.54) is 5.56 Å². The lowest BCUT2D eigenvalue weighted by molar-refractivity contribution is 0.0651. The smallest absolute Gasteiger partial charge is 0.265 e. The number of nitrogens with zero attached hydrogens (tertiary/aromatic N) is 1. The van der Waals surface area contributed by atoms with Crippen molar-refractivity contribution in [1.29, 1.82) is 0 Å². The molecular weight excluding hydrogens is 188 g/mol. The van der Waals surface area contributed by atoms with E-state index >= 15 is 0 Å². The number of aryl methyl sites for hydroxylation is 1. The second-order valence-corrected chi connectivity index (χ2v) is 4.26. The zero-order valence-corrected chi connectivity index (χ0v) is 9.37. The van der Waals surface area contributed by atoms with Crippen LogP contribution in [0.5, 0.6) is 0 Å². The third-order valence-electron chi connectivity index (χ3n) is 2.85. The lowest BCUT2D eigenvalue weighted by Crippen LogP contribution is -2.49. The molecule has 0 bridgehead atoms. The van der Waals surface area contributed by atoms with Gasteiger partial charge in [-0.05, 0) is 38.0 Å². The number of nitrogens with one attached hydrogen (secondary N) is 1. The van der Waals surface area contributed by atoms with E-state index in [9.17, 15) is 4.79 Å². The number of benzene rings is 1. The van der Waals surface area contributed by atoms with E-state index in [-0.39, 0.29) is 5.91 Å². The number of hydrogen-bond acceptors (Lipinski definition) is 2. The van der Waals surface area contributed by atoms with Gasteiger partial charge in [-0.15, -0.1) is 0 Å². The third kappa shape index (κ3) is 1.75. The maximum Gasteiger partial charge on any atom is 0.265 e. The summed E-state index contributed by atoms with van der Waals surface area (Å²) in [6.45, 7) is 6.99. The van der Waals surface area contributed by atoms with Crippen molar-refractivity contribution >= 4 is 5.91 Å². The van der Waals surface area contributed by atoms with Crippen LogP contribution in [0.4, 0.5) is 0 Å². The molecule has 0 unspecified atom stereocenters.